The molecule has 2 rings (SSSR count). The Balaban J connectivity index is 2.21. The van der Waals surface area contributed by atoms with Crippen molar-refractivity contribution in [3.8, 4) is 0 Å². The summed E-state index contributed by atoms with van der Waals surface area (Å²) in [5, 5.41) is 8.24. The van der Waals surface area contributed by atoms with Crippen molar-refractivity contribution in [1.29, 1.82) is 0 Å². The summed E-state index contributed by atoms with van der Waals surface area (Å²) in [5.74, 6) is 0. The van der Waals surface area contributed by atoms with Gasteiger partial charge >= 0.3 is 0 Å². The second-order valence-electron chi connectivity index (χ2n) is 4.94. The van der Waals surface area contributed by atoms with Gasteiger partial charge in [0.25, 0.3) is 0 Å². The number of nitrogens with zero attached hydrogens (tertiary/aromatic N) is 2. The van der Waals surface area contributed by atoms with Crippen LogP contribution in [0.1, 0.15) is 42.6 Å². The topological polar surface area (TPSA) is 29.9 Å². The minimum absolute atomic E-state index is 0.335. The summed E-state index contributed by atoms with van der Waals surface area (Å²) >= 11 is 5.36. The summed E-state index contributed by atoms with van der Waals surface area (Å²) in [6.45, 7) is 8.36. The second kappa shape index (κ2) is 7.38. The smallest absolute Gasteiger partial charge is 0.0701 e. The van der Waals surface area contributed by atoms with Crippen LogP contribution in [0.4, 0.5) is 0 Å². The predicted octanol–water partition coefficient (Wildman–Crippen LogP) is 4.32. The van der Waals surface area contributed by atoms with Crippen LogP contribution in [0.15, 0.2) is 22.0 Å². The lowest BCUT2D eigenvalue weighted by atomic mass is 10.1. The van der Waals surface area contributed by atoms with E-state index in [1.54, 1.807) is 0 Å². The van der Waals surface area contributed by atoms with Crippen molar-refractivity contribution in [3.63, 3.8) is 0 Å². The molecule has 0 aromatic carbocycles. The Labute approximate surface area is 133 Å². The number of thiophene rings is 1. The van der Waals surface area contributed by atoms with Gasteiger partial charge in [-0.05, 0) is 60.9 Å². The van der Waals surface area contributed by atoms with Gasteiger partial charge in [-0.25, -0.2) is 0 Å². The lowest BCUT2D eigenvalue weighted by Gasteiger charge is -2.19. The molecule has 2 aromatic rings. The highest BCUT2D eigenvalue weighted by atomic mass is 79.9. The molecule has 1 N–H and O–H groups in total. The van der Waals surface area contributed by atoms with E-state index in [2.05, 4.69) is 70.0 Å². The summed E-state index contributed by atoms with van der Waals surface area (Å²) in [5.41, 5.74) is 2.39. The van der Waals surface area contributed by atoms with Gasteiger partial charge < -0.3 is 5.32 Å². The molecule has 0 aliphatic heterocycles. The van der Waals surface area contributed by atoms with Gasteiger partial charge in [-0.2, -0.15) is 5.10 Å². The molecule has 0 saturated heterocycles. The third kappa shape index (κ3) is 3.93. The van der Waals surface area contributed by atoms with E-state index in [9.17, 15) is 0 Å². The van der Waals surface area contributed by atoms with Crippen molar-refractivity contribution < 1.29 is 0 Å². The maximum absolute atomic E-state index is 4.58. The standard InChI is InChI=1S/C15H22BrN3S/c1-4-8-17-13(10-12-6-7-15(16)20-12)14-9-11(3)18-19(14)5-2/h6-7,9,13,17H,4-5,8,10H2,1-3H3. The van der Waals surface area contributed by atoms with Crippen LogP contribution < -0.4 is 5.32 Å². The van der Waals surface area contributed by atoms with E-state index in [0.717, 1.165) is 31.6 Å². The Kier molecular flexibility index (Phi) is 5.81. The summed E-state index contributed by atoms with van der Waals surface area (Å²) in [6, 6.07) is 6.87. The molecule has 5 heteroatoms. The molecule has 1 unspecified atom stereocenters. The number of hydrogen-bond acceptors (Lipinski definition) is 3. The molecule has 20 heavy (non-hydrogen) atoms. The van der Waals surface area contributed by atoms with E-state index in [1.807, 2.05) is 11.3 Å². The molecule has 0 radical (unpaired) electrons. The van der Waals surface area contributed by atoms with E-state index < -0.39 is 0 Å². The first kappa shape index (κ1) is 15.7. The summed E-state index contributed by atoms with van der Waals surface area (Å²) < 4.78 is 3.31. The molecule has 0 saturated carbocycles. The molecule has 0 spiro atoms. The first-order valence-corrected chi connectivity index (χ1v) is 8.77. The average molecular weight is 356 g/mol. The van der Waals surface area contributed by atoms with Crippen molar-refractivity contribution >= 4 is 27.3 Å². The van der Waals surface area contributed by atoms with Crippen molar-refractivity contribution in [2.45, 2.75) is 46.2 Å². The van der Waals surface area contributed by atoms with Crippen molar-refractivity contribution in [3.05, 3.63) is 38.3 Å². The largest absolute Gasteiger partial charge is 0.308 e. The molecule has 0 bridgehead atoms. The van der Waals surface area contributed by atoms with Crippen LogP contribution in [0, 0.1) is 6.92 Å². The van der Waals surface area contributed by atoms with Crippen LogP contribution in [0.5, 0.6) is 0 Å². The second-order valence-corrected chi connectivity index (χ2v) is 7.49. The van der Waals surface area contributed by atoms with Crippen molar-refractivity contribution in [2.75, 3.05) is 6.54 Å². The SMILES string of the molecule is CCCNC(Cc1ccc(Br)s1)c1cc(C)nn1CC. The van der Waals surface area contributed by atoms with E-state index in [-0.39, 0.29) is 0 Å². The highest BCUT2D eigenvalue weighted by Gasteiger charge is 2.17. The van der Waals surface area contributed by atoms with Crippen LogP contribution in [0.25, 0.3) is 0 Å². The Morgan fingerprint density at radius 3 is 2.80 bits per heavy atom. The molecular formula is C15H22BrN3S. The van der Waals surface area contributed by atoms with Gasteiger partial charge in [0, 0.05) is 17.8 Å². The normalized spacial score (nSPS) is 12.8. The molecule has 3 nitrogen and oxygen atoms in total. The fourth-order valence-electron chi connectivity index (χ4n) is 2.36. The quantitative estimate of drug-likeness (QED) is 0.801. The van der Waals surface area contributed by atoms with Crippen LogP contribution in [0.2, 0.25) is 0 Å². The van der Waals surface area contributed by atoms with Gasteiger partial charge in [-0.3, -0.25) is 4.68 Å². The average Bonchev–Trinajstić information content (AvgIpc) is 3.00. The Morgan fingerprint density at radius 1 is 1.40 bits per heavy atom. The Hall–Kier alpha value is -0.650. The zero-order valence-electron chi connectivity index (χ0n) is 12.3. The molecule has 0 aliphatic carbocycles. The molecule has 0 fully saturated rings. The highest BCUT2D eigenvalue weighted by Crippen LogP contribution is 2.27. The first-order valence-electron chi connectivity index (χ1n) is 7.16. The minimum Gasteiger partial charge on any atom is -0.308 e. The fourth-order valence-corrected chi connectivity index (χ4v) is 3.89. The van der Waals surface area contributed by atoms with Crippen LogP contribution in [-0.2, 0) is 13.0 Å². The van der Waals surface area contributed by atoms with E-state index >= 15 is 0 Å². The summed E-state index contributed by atoms with van der Waals surface area (Å²) in [7, 11) is 0. The molecule has 1 atom stereocenters. The van der Waals surface area contributed by atoms with Gasteiger partial charge in [-0.15, -0.1) is 11.3 Å². The van der Waals surface area contributed by atoms with E-state index in [0.29, 0.717) is 6.04 Å². The molecule has 0 aliphatic rings. The molecule has 0 amide bonds. The maximum Gasteiger partial charge on any atom is 0.0701 e. The molecule has 2 aromatic heterocycles. The van der Waals surface area contributed by atoms with E-state index in [1.165, 1.54) is 14.4 Å². The first-order chi connectivity index (χ1) is 9.63. The fraction of sp³-hybridized carbons (Fsp3) is 0.533. The predicted molar refractivity (Wildman–Crippen MR) is 89.4 cm³/mol. The number of halogens is 1. The third-order valence-corrected chi connectivity index (χ3v) is 4.91. The lowest BCUT2D eigenvalue weighted by molar-refractivity contribution is 0.480. The van der Waals surface area contributed by atoms with Crippen LogP contribution in [0.3, 0.4) is 0 Å². The van der Waals surface area contributed by atoms with Gasteiger partial charge in [-0.1, -0.05) is 6.92 Å². The van der Waals surface area contributed by atoms with Gasteiger partial charge in [0.2, 0.25) is 0 Å². The minimum atomic E-state index is 0.335. The van der Waals surface area contributed by atoms with Crippen molar-refractivity contribution in [2.24, 2.45) is 0 Å². The van der Waals surface area contributed by atoms with Crippen molar-refractivity contribution in [1.82, 2.24) is 15.1 Å². The molecule has 2 heterocycles. The number of aryl methyl sites for hydroxylation is 2. The van der Waals surface area contributed by atoms with E-state index in [4.69, 9.17) is 0 Å². The van der Waals surface area contributed by atoms with Crippen LogP contribution in [-0.4, -0.2) is 16.3 Å². The Bertz CT molecular complexity index is 547. The van der Waals surface area contributed by atoms with Gasteiger partial charge in [0.1, 0.15) is 0 Å². The zero-order chi connectivity index (χ0) is 14.5. The Morgan fingerprint density at radius 2 is 2.20 bits per heavy atom. The number of nitrogens with one attached hydrogen (secondary N) is 1. The summed E-state index contributed by atoms with van der Waals surface area (Å²) in [4.78, 5) is 1.40. The summed E-state index contributed by atoms with van der Waals surface area (Å²) in [6.07, 6.45) is 2.16. The number of hydrogen-bond donors (Lipinski definition) is 1. The van der Waals surface area contributed by atoms with Gasteiger partial charge in [0.15, 0.2) is 0 Å². The highest BCUT2D eigenvalue weighted by molar-refractivity contribution is 9.11. The monoisotopic (exact) mass is 355 g/mol. The lowest BCUT2D eigenvalue weighted by Crippen LogP contribution is -2.26. The number of rotatable bonds is 7. The molecular weight excluding hydrogens is 334 g/mol. The third-order valence-electron chi connectivity index (χ3n) is 3.26. The molecule has 110 valence electrons. The van der Waals surface area contributed by atoms with Crippen LogP contribution >= 0.6 is 27.3 Å². The maximum atomic E-state index is 4.58. The zero-order valence-corrected chi connectivity index (χ0v) is 14.7. The van der Waals surface area contributed by atoms with Gasteiger partial charge in [0.05, 0.1) is 21.2 Å². The number of aromatic nitrogens is 2.